The van der Waals surface area contributed by atoms with Gasteiger partial charge in [-0.05, 0) is 30.5 Å². The number of halogens is 1. The molecular formula is C16H22FNOS. The number of thioether (sulfide) groups is 1. The Morgan fingerprint density at radius 3 is 2.55 bits per heavy atom. The van der Waals surface area contributed by atoms with Crippen molar-refractivity contribution in [3.05, 3.63) is 35.6 Å². The highest BCUT2D eigenvalue weighted by atomic mass is 32.2. The van der Waals surface area contributed by atoms with Gasteiger partial charge in [-0.25, -0.2) is 4.39 Å². The maximum atomic E-state index is 12.8. The first kappa shape index (κ1) is 15.4. The molecule has 20 heavy (non-hydrogen) atoms. The zero-order valence-corrected chi connectivity index (χ0v) is 12.8. The molecule has 0 aromatic heterocycles. The molecule has 0 atom stereocenters. The van der Waals surface area contributed by atoms with E-state index in [1.54, 1.807) is 28.8 Å². The Bertz CT molecular complexity index is 429. The third kappa shape index (κ3) is 4.82. The molecule has 1 amide bonds. The summed E-state index contributed by atoms with van der Waals surface area (Å²) in [7, 11) is 1.81. The smallest absolute Gasteiger partial charge is 0.232 e. The molecule has 0 N–H and O–H groups in total. The molecule has 4 heteroatoms. The summed E-state index contributed by atoms with van der Waals surface area (Å²) in [6, 6.07) is 6.33. The van der Waals surface area contributed by atoms with Crippen molar-refractivity contribution in [2.24, 2.45) is 0 Å². The minimum Gasteiger partial charge on any atom is -0.341 e. The van der Waals surface area contributed by atoms with Crippen LogP contribution in [0, 0.1) is 5.82 Å². The van der Waals surface area contributed by atoms with Crippen molar-refractivity contribution in [3.63, 3.8) is 0 Å². The SMILES string of the molecule is CN(Cc1ccc(F)cc1)C(=O)CSC1CCCCC1. The molecule has 1 aliphatic rings. The number of carbonyl (C=O) groups excluding carboxylic acids is 1. The third-order valence-electron chi connectivity index (χ3n) is 3.75. The standard InChI is InChI=1S/C16H22FNOS/c1-18(11-13-7-9-14(17)10-8-13)16(19)12-20-15-5-3-2-4-6-15/h7-10,15H,2-6,11-12H2,1H3. The monoisotopic (exact) mass is 295 g/mol. The number of rotatable bonds is 5. The Morgan fingerprint density at radius 2 is 1.90 bits per heavy atom. The molecule has 0 heterocycles. The fourth-order valence-electron chi connectivity index (χ4n) is 2.48. The first-order chi connectivity index (χ1) is 9.65. The highest BCUT2D eigenvalue weighted by Crippen LogP contribution is 2.28. The van der Waals surface area contributed by atoms with Gasteiger partial charge in [0.05, 0.1) is 5.75 Å². The van der Waals surface area contributed by atoms with Crippen LogP contribution in [0.25, 0.3) is 0 Å². The predicted octanol–water partition coefficient (Wildman–Crippen LogP) is 3.85. The van der Waals surface area contributed by atoms with Gasteiger partial charge in [0, 0.05) is 18.8 Å². The molecular weight excluding hydrogens is 273 g/mol. The molecule has 1 aliphatic carbocycles. The van der Waals surface area contributed by atoms with E-state index in [1.165, 1.54) is 44.2 Å². The fourth-order valence-corrected chi connectivity index (χ4v) is 3.75. The summed E-state index contributed by atoms with van der Waals surface area (Å²) in [6.07, 6.45) is 6.45. The van der Waals surface area contributed by atoms with E-state index in [1.807, 2.05) is 7.05 Å². The molecule has 0 aliphatic heterocycles. The molecule has 0 radical (unpaired) electrons. The van der Waals surface area contributed by atoms with E-state index in [4.69, 9.17) is 0 Å². The summed E-state index contributed by atoms with van der Waals surface area (Å²) in [5, 5.41) is 0.659. The average Bonchev–Trinajstić information content (AvgIpc) is 2.48. The van der Waals surface area contributed by atoms with Crippen molar-refractivity contribution in [1.29, 1.82) is 0 Å². The molecule has 0 bridgehead atoms. The third-order valence-corrected chi connectivity index (χ3v) is 5.11. The second-order valence-electron chi connectivity index (χ2n) is 5.45. The zero-order chi connectivity index (χ0) is 14.4. The first-order valence-corrected chi connectivity index (χ1v) is 8.30. The number of hydrogen-bond acceptors (Lipinski definition) is 2. The van der Waals surface area contributed by atoms with E-state index in [0.29, 0.717) is 17.5 Å². The summed E-state index contributed by atoms with van der Waals surface area (Å²) < 4.78 is 12.8. The van der Waals surface area contributed by atoms with Gasteiger partial charge in [-0.2, -0.15) is 0 Å². The van der Waals surface area contributed by atoms with Crippen LogP contribution in [0.3, 0.4) is 0 Å². The van der Waals surface area contributed by atoms with Gasteiger partial charge in [0.1, 0.15) is 5.82 Å². The van der Waals surface area contributed by atoms with E-state index < -0.39 is 0 Å². The fraction of sp³-hybridized carbons (Fsp3) is 0.562. The van der Waals surface area contributed by atoms with Gasteiger partial charge in [-0.1, -0.05) is 31.4 Å². The van der Waals surface area contributed by atoms with Crippen LogP contribution in [0.5, 0.6) is 0 Å². The number of benzene rings is 1. The number of carbonyl (C=O) groups is 1. The topological polar surface area (TPSA) is 20.3 Å². The van der Waals surface area contributed by atoms with Crippen molar-refractivity contribution in [3.8, 4) is 0 Å². The van der Waals surface area contributed by atoms with Gasteiger partial charge in [0.25, 0.3) is 0 Å². The van der Waals surface area contributed by atoms with E-state index >= 15 is 0 Å². The first-order valence-electron chi connectivity index (χ1n) is 7.25. The van der Waals surface area contributed by atoms with Gasteiger partial charge in [-0.15, -0.1) is 11.8 Å². The Morgan fingerprint density at radius 1 is 1.25 bits per heavy atom. The highest BCUT2D eigenvalue weighted by molar-refractivity contribution is 8.00. The molecule has 2 nitrogen and oxygen atoms in total. The Kier molecular flexibility index (Phi) is 5.89. The molecule has 0 spiro atoms. The summed E-state index contributed by atoms with van der Waals surface area (Å²) in [4.78, 5) is 13.8. The maximum Gasteiger partial charge on any atom is 0.232 e. The van der Waals surface area contributed by atoms with Crippen molar-refractivity contribution >= 4 is 17.7 Å². The predicted molar refractivity (Wildman–Crippen MR) is 82.2 cm³/mol. The van der Waals surface area contributed by atoms with E-state index in [0.717, 1.165) is 5.56 Å². The summed E-state index contributed by atoms with van der Waals surface area (Å²) in [5.74, 6) is 0.475. The van der Waals surface area contributed by atoms with Gasteiger partial charge < -0.3 is 4.90 Å². The molecule has 2 rings (SSSR count). The summed E-state index contributed by atoms with van der Waals surface area (Å²) in [5.41, 5.74) is 0.963. The average molecular weight is 295 g/mol. The minimum absolute atomic E-state index is 0.157. The van der Waals surface area contributed by atoms with Crippen LogP contribution < -0.4 is 0 Å². The Labute approximate surface area is 124 Å². The minimum atomic E-state index is -0.240. The lowest BCUT2D eigenvalue weighted by atomic mass is 10.0. The van der Waals surface area contributed by atoms with Gasteiger partial charge >= 0.3 is 0 Å². The number of amides is 1. The van der Waals surface area contributed by atoms with Crippen LogP contribution >= 0.6 is 11.8 Å². The van der Waals surface area contributed by atoms with Crippen LogP contribution in [-0.2, 0) is 11.3 Å². The van der Waals surface area contributed by atoms with Crippen LogP contribution in [0.1, 0.15) is 37.7 Å². The van der Waals surface area contributed by atoms with E-state index in [9.17, 15) is 9.18 Å². The largest absolute Gasteiger partial charge is 0.341 e. The van der Waals surface area contributed by atoms with Crippen molar-refractivity contribution in [1.82, 2.24) is 4.90 Å². The highest BCUT2D eigenvalue weighted by Gasteiger charge is 2.17. The molecule has 0 saturated heterocycles. The van der Waals surface area contributed by atoms with E-state index in [2.05, 4.69) is 0 Å². The quantitative estimate of drug-likeness (QED) is 0.822. The molecule has 110 valence electrons. The summed E-state index contributed by atoms with van der Waals surface area (Å²) in [6.45, 7) is 0.546. The molecule has 1 aromatic rings. The maximum absolute atomic E-state index is 12.8. The zero-order valence-electron chi connectivity index (χ0n) is 12.0. The Hall–Kier alpha value is -1.03. The number of hydrogen-bond donors (Lipinski definition) is 0. The van der Waals surface area contributed by atoms with Crippen molar-refractivity contribution in [2.45, 2.75) is 43.9 Å². The molecule has 1 fully saturated rings. The number of nitrogens with zero attached hydrogens (tertiary/aromatic N) is 1. The van der Waals surface area contributed by atoms with Crippen LogP contribution in [-0.4, -0.2) is 28.9 Å². The van der Waals surface area contributed by atoms with Crippen molar-refractivity contribution < 1.29 is 9.18 Å². The lowest BCUT2D eigenvalue weighted by molar-refractivity contribution is -0.127. The van der Waals surface area contributed by atoms with Gasteiger partial charge in [0.2, 0.25) is 5.91 Å². The van der Waals surface area contributed by atoms with Crippen LogP contribution in [0.4, 0.5) is 4.39 Å². The lowest BCUT2D eigenvalue weighted by Gasteiger charge is -2.22. The Balaban J connectivity index is 1.75. The second-order valence-corrected chi connectivity index (χ2v) is 6.74. The van der Waals surface area contributed by atoms with E-state index in [-0.39, 0.29) is 11.7 Å². The van der Waals surface area contributed by atoms with Crippen LogP contribution in [0.2, 0.25) is 0 Å². The van der Waals surface area contributed by atoms with Crippen molar-refractivity contribution in [2.75, 3.05) is 12.8 Å². The molecule has 1 aromatic carbocycles. The molecule has 0 unspecified atom stereocenters. The molecule has 1 saturated carbocycles. The lowest BCUT2D eigenvalue weighted by Crippen LogP contribution is -2.28. The van der Waals surface area contributed by atoms with Crippen LogP contribution in [0.15, 0.2) is 24.3 Å². The second kappa shape index (κ2) is 7.67. The normalized spacial score (nSPS) is 16.1. The van der Waals surface area contributed by atoms with Gasteiger partial charge in [-0.3, -0.25) is 4.79 Å². The summed E-state index contributed by atoms with van der Waals surface area (Å²) >= 11 is 1.80. The van der Waals surface area contributed by atoms with Gasteiger partial charge in [0.15, 0.2) is 0 Å².